The standard InChI is InChI=1S/C16H18BrN3O/c1-20(2)11-15(12-6-4-3-5-7-12)19-16(21)13-8-14(17)10-18-9-13/h3-10,15H,11H2,1-2H3,(H,19,21)/t15-/m0/s1. The molecular formula is C16H18BrN3O. The Morgan fingerprint density at radius 1 is 1.29 bits per heavy atom. The number of nitrogens with zero attached hydrogens (tertiary/aromatic N) is 2. The quantitative estimate of drug-likeness (QED) is 0.904. The number of carbonyl (C=O) groups is 1. The lowest BCUT2D eigenvalue weighted by Crippen LogP contribution is -2.35. The molecule has 0 saturated heterocycles. The summed E-state index contributed by atoms with van der Waals surface area (Å²) in [4.78, 5) is 18.5. The monoisotopic (exact) mass is 347 g/mol. The van der Waals surface area contributed by atoms with Gasteiger partial charge < -0.3 is 10.2 Å². The Kier molecular flexibility index (Phi) is 5.47. The molecule has 0 saturated carbocycles. The predicted molar refractivity (Wildman–Crippen MR) is 87.1 cm³/mol. The molecule has 0 fully saturated rings. The molecule has 1 atom stereocenters. The molecular weight excluding hydrogens is 330 g/mol. The molecule has 1 heterocycles. The van der Waals surface area contributed by atoms with E-state index in [1.165, 1.54) is 0 Å². The molecule has 1 aromatic heterocycles. The molecule has 4 nitrogen and oxygen atoms in total. The van der Waals surface area contributed by atoms with Gasteiger partial charge in [-0.25, -0.2) is 0 Å². The van der Waals surface area contributed by atoms with Crippen LogP contribution in [0.2, 0.25) is 0 Å². The van der Waals surface area contributed by atoms with Gasteiger partial charge in [0.15, 0.2) is 0 Å². The first-order valence-electron chi connectivity index (χ1n) is 6.67. The molecule has 0 aliphatic carbocycles. The molecule has 5 heteroatoms. The second kappa shape index (κ2) is 7.33. The van der Waals surface area contributed by atoms with Crippen molar-refractivity contribution in [3.8, 4) is 0 Å². The fourth-order valence-electron chi connectivity index (χ4n) is 2.06. The summed E-state index contributed by atoms with van der Waals surface area (Å²) in [5, 5.41) is 3.07. The average Bonchev–Trinajstić information content (AvgIpc) is 2.47. The Morgan fingerprint density at radius 2 is 2.00 bits per heavy atom. The lowest BCUT2D eigenvalue weighted by Gasteiger charge is -2.23. The normalized spacial score (nSPS) is 12.2. The van der Waals surface area contributed by atoms with Gasteiger partial charge in [0.05, 0.1) is 11.6 Å². The number of benzene rings is 1. The topological polar surface area (TPSA) is 45.2 Å². The fraction of sp³-hybridized carbons (Fsp3) is 0.250. The summed E-state index contributed by atoms with van der Waals surface area (Å²) in [6, 6.07) is 11.7. The van der Waals surface area contributed by atoms with Gasteiger partial charge in [0, 0.05) is 23.4 Å². The average molecular weight is 348 g/mol. The van der Waals surface area contributed by atoms with Crippen molar-refractivity contribution in [1.82, 2.24) is 15.2 Å². The molecule has 0 spiro atoms. The highest BCUT2D eigenvalue weighted by Crippen LogP contribution is 2.15. The zero-order chi connectivity index (χ0) is 15.2. The van der Waals surface area contributed by atoms with Gasteiger partial charge >= 0.3 is 0 Å². The summed E-state index contributed by atoms with van der Waals surface area (Å²) >= 11 is 3.33. The van der Waals surface area contributed by atoms with Crippen LogP contribution in [0.4, 0.5) is 0 Å². The van der Waals surface area contributed by atoms with E-state index in [0.717, 1.165) is 16.6 Å². The van der Waals surface area contributed by atoms with E-state index in [1.807, 2.05) is 44.4 Å². The number of rotatable bonds is 5. The zero-order valence-corrected chi connectivity index (χ0v) is 13.7. The van der Waals surface area contributed by atoms with Crippen molar-refractivity contribution in [1.29, 1.82) is 0 Å². The summed E-state index contributed by atoms with van der Waals surface area (Å²) in [6.07, 6.45) is 3.23. The van der Waals surface area contributed by atoms with Crippen molar-refractivity contribution in [3.63, 3.8) is 0 Å². The number of hydrogen-bond acceptors (Lipinski definition) is 3. The van der Waals surface area contributed by atoms with E-state index < -0.39 is 0 Å². The van der Waals surface area contributed by atoms with Crippen molar-refractivity contribution in [2.75, 3.05) is 20.6 Å². The smallest absolute Gasteiger partial charge is 0.253 e. The van der Waals surface area contributed by atoms with Crippen LogP contribution in [0.25, 0.3) is 0 Å². The van der Waals surface area contributed by atoms with Crippen LogP contribution in [0.3, 0.4) is 0 Å². The molecule has 110 valence electrons. The zero-order valence-electron chi connectivity index (χ0n) is 12.1. The highest BCUT2D eigenvalue weighted by Gasteiger charge is 2.16. The van der Waals surface area contributed by atoms with Crippen LogP contribution in [-0.2, 0) is 0 Å². The molecule has 1 aromatic carbocycles. The number of nitrogens with one attached hydrogen (secondary N) is 1. The van der Waals surface area contributed by atoms with Gasteiger partial charge in [-0.05, 0) is 41.7 Å². The molecule has 0 aliphatic heterocycles. The molecule has 0 aliphatic rings. The SMILES string of the molecule is CN(C)C[C@H](NC(=O)c1cncc(Br)c1)c1ccccc1. The lowest BCUT2D eigenvalue weighted by molar-refractivity contribution is 0.0929. The van der Waals surface area contributed by atoms with Crippen LogP contribution < -0.4 is 5.32 Å². The van der Waals surface area contributed by atoms with E-state index in [4.69, 9.17) is 0 Å². The summed E-state index contributed by atoms with van der Waals surface area (Å²) in [5.41, 5.74) is 1.63. The van der Waals surface area contributed by atoms with Crippen LogP contribution in [0.5, 0.6) is 0 Å². The van der Waals surface area contributed by atoms with Crippen LogP contribution >= 0.6 is 15.9 Å². The minimum atomic E-state index is -0.125. The third kappa shape index (κ3) is 4.65. The maximum Gasteiger partial charge on any atom is 0.253 e. The molecule has 21 heavy (non-hydrogen) atoms. The first-order chi connectivity index (χ1) is 10.1. The van der Waals surface area contributed by atoms with Crippen LogP contribution in [0, 0.1) is 0 Å². The van der Waals surface area contributed by atoms with Gasteiger partial charge in [-0.3, -0.25) is 9.78 Å². The minimum Gasteiger partial charge on any atom is -0.344 e. The summed E-state index contributed by atoms with van der Waals surface area (Å²) < 4.78 is 0.791. The second-order valence-electron chi connectivity index (χ2n) is 5.09. The third-order valence-corrected chi connectivity index (χ3v) is 3.46. The predicted octanol–water partition coefficient (Wildman–Crippen LogP) is 2.88. The number of aromatic nitrogens is 1. The van der Waals surface area contributed by atoms with Crippen molar-refractivity contribution in [3.05, 3.63) is 64.4 Å². The molecule has 0 bridgehead atoms. The van der Waals surface area contributed by atoms with Gasteiger partial charge in [-0.2, -0.15) is 0 Å². The first-order valence-corrected chi connectivity index (χ1v) is 7.46. The largest absolute Gasteiger partial charge is 0.344 e. The van der Waals surface area contributed by atoms with E-state index in [-0.39, 0.29) is 11.9 Å². The van der Waals surface area contributed by atoms with Crippen molar-refractivity contribution in [2.24, 2.45) is 0 Å². The van der Waals surface area contributed by atoms with Crippen molar-refractivity contribution >= 4 is 21.8 Å². The number of pyridine rings is 1. The van der Waals surface area contributed by atoms with Gasteiger partial charge in [-0.1, -0.05) is 30.3 Å². The highest BCUT2D eigenvalue weighted by molar-refractivity contribution is 9.10. The number of halogens is 1. The maximum atomic E-state index is 12.4. The van der Waals surface area contributed by atoms with Crippen molar-refractivity contribution < 1.29 is 4.79 Å². The van der Waals surface area contributed by atoms with Crippen molar-refractivity contribution in [2.45, 2.75) is 6.04 Å². The lowest BCUT2D eigenvalue weighted by atomic mass is 10.1. The van der Waals surface area contributed by atoms with E-state index in [9.17, 15) is 4.79 Å². The Hall–Kier alpha value is -1.72. The number of carbonyl (C=O) groups excluding carboxylic acids is 1. The van der Waals surface area contributed by atoms with Gasteiger partial charge in [-0.15, -0.1) is 0 Å². The summed E-state index contributed by atoms with van der Waals surface area (Å²) in [6.45, 7) is 0.733. The molecule has 2 aromatic rings. The van der Waals surface area contributed by atoms with Crippen LogP contribution in [-0.4, -0.2) is 36.4 Å². The van der Waals surface area contributed by atoms with Gasteiger partial charge in [0.1, 0.15) is 0 Å². The summed E-state index contributed by atoms with van der Waals surface area (Å²) in [5.74, 6) is -0.125. The van der Waals surface area contributed by atoms with E-state index in [1.54, 1.807) is 18.5 Å². The number of hydrogen-bond donors (Lipinski definition) is 1. The molecule has 1 N–H and O–H groups in total. The summed E-state index contributed by atoms with van der Waals surface area (Å²) in [7, 11) is 3.98. The van der Waals surface area contributed by atoms with Crippen LogP contribution in [0.1, 0.15) is 22.0 Å². The highest BCUT2D eigenvalue weighted by atomic mass is 79.9. The Bertz CT molecular complexity index is 601. The second-order valence-corrected chi connectivity index (χ2v) is 6.01. The van der Waals surface area contributed by atoms with Gasteiger partial charge in [0.2, 0.25) is 0 Å². The fourth-order valence-corrected chi connectivity index (χ4v) is 2.43. The third-order valence-electron chi connectivity index (χ3n) is 3.02. The maximum absolute atomic E-state index is 12.4. The van der Waals surface area contributed by atoms with Gasteiger partial charge in [0.25, 0.3) is 5.91 Å². The Balaban J connectivity index is 2.17. The number of amides is 1. The van der Waals surface area contributed by atoms with E-state index >= 15 is 0 Å². The van der Waals surface area contributed by atoms with Crippen LogP contribution in [0.15, 0.2) is 53.3 Å². The molecule has 0 unspecified atom stereocenters. The number of likely N-dealkylation sites (N-methyl/N-ethyl adjacent to an activating group) is 1. The minimum absolute atomic E-state index is 0.0623. The van der Waals surface area contributed by atoms with E-state index in [2.05, 4.69) is 31.1 Å². The first kappa shape index (κ1) is 15.7. The Labute approximate surface area is 133 Å². The molecule has 0 radical (unpaired) electrons. The molecule has 1 amide bonds. The Morgan fingerprint density at radius 3 is 2.62 bits per heavy atom. The molecule has 2 rings (SSSR count). The van der Waals surface area contributed by atoms with E-state index in [0.29, 0.717) is 5.56 Å².